The molecule has 1 N–H and O–H groups in total. The monoisotopic (exact) mass is 223 g/mol. The van der Waals surface area contributed by atoms with Gasteiger partial charge in [-0.3, -0.25) is 0 Å². The summed E-state index contributed by atoms with van der Waals surface area (Å²) in [7, 11) is 1.77. The SMILES string of the molecule is COC1CCCC1NCc1ccc(F)cc1. The van der Waals surface area contributed by atoms with E-state index in [-0.39, 0.29) is 5.82 Å². The second kappa shape index (κ2) is 5.41. The molecule has 2 rings (SSSR count). The number of hydrogen-bond acceptors (Lipinski definition) is 2. The van der Waals surface area contributed by atoms with Crippen LogP contribution in [-0.4, -0.2) is 19.3 Å². The first-order valence-corrected chi connectivity index (χ1v) is 5.80. The molecule has 0 spiro atoms. The zero-order valence-corrected chi connectivity index (χ0v) is 9.58. The maximum absolute atomic E-state index is 12.7. The van der Waals surface area contributed by atoms with Crippen molar-refractivity contribution in [1.29, 1.82) is 0 Å². The van der Waals surface area contributed by atoms with Crippen molar-refractivity contribution in [2.75, 3.05) is 7.11 Å². The van der Waals surface area contributed by atoms with Crippen molar-refractivity contribution in [3.05, 3.63) is 35.6 Å². The number of halogens is 1. The average molecular weight is 223 g/mol. The smallest absolute Gasteiger partial charge is 0.123 e. The van der Waals surface area contributed by atoms with Gasteiger partial charge in [0, 0.05) is 19.7 Å². The predicted molar refractivity (Wildman–Crippen MR) is 61.7 cm³/mol. The second-order valence-electron chi connectivity index (χ2n) is 4.32. The summed E-state index contributed by atoms with van der Waals surface area (Å²) in [5.41, 5.74) is 1.11. The normalized spacial score (nSPS) is 24.9. The molecule has 3 heteroatoms. The molecule has 0 saturated heterocycles. The van der Waals surface area contributed by atoms with Crippen molar-refractivity contribution in [3.8, 4) is 0 Å². The van der Waals surface area contributed by atoms with Crippen LogP contribution in [0.25, 0.3) is 0 Å². The lowest BCUT2D eigenvalue weighted by atomic mass is 10.1. The lowest BCUT2D eigenvalue weighted by Crippen LogP contribution is -2.36. The third-order valence-corrected chi connectivity index (χ3v) is 3.24. The molecule has 1 aliphatic carbocycles. The molecule has 0 radical (unpaired) electrons. The molecule has 0 amide bonds. The second-order valence-corrected chi connectivity index (χ2v) is 4.32. The number of ether oxygens (including phenoxy) is 1. The van der Waals surface area contributed by atoms with E-state index < -0.39 is 0 Å². The first kappa shape index (κ1) is 11.6. The van der Waals surface area contributed by atoms with Crippen LogP contribution in [0.3, 0.4) is 0 Å². The number of hydrogen-bond donors (Lipinski definition) is 1. The molecule has 0 bridgehead atoms. The summed E-state index contributed by atoms with van der Waals surface area (Å²) >= 11 is 0. The Balaban J connectivity index is 1.85. The maximum atomic E-state index is 12.7. The Kier molecular flexibility index (Phi) is 3.91. The number of nitrogens with one attached hydrogen (secondary N) is 1. The number of benzene rings is 1. The van der Waals surface area contributed by atoms with Crippen LogP contribution in [0.4, 0.5) is 4.39 Å². The average Bonchev–Trinajstić information content (AvgIpc) is 2.76. The highest BCUT2D eigenvalue weighted by Crippen LogP contribution is 2.21. The van der Waals surface area contributed by atoms with Crippen molar-refractivity contribution >= 4 is 0 Å². The third-order valence-electron chi connectivity index (χ3n) is 3.24. The molecule has 88 valence electrons. The summed E-state index contributed by atoms with van der Waals surface area (Å²) in [6.45, 7) is 0.783. The molecule has 0 aromatic heterocycles. The van der Waals surface area contributed by atoms with Crippen molar-refractivity contribution < 1.29 is 9.13 Å². The Morgan fingerprint density at radius 3 is 2.75 bits per heavy atom. The molecule has 2 nitrogen and oxygen atoms in total. The molecule has 1 aromatic carbocycles. The van der Waals surface area contributed by atoms with E-state index in [0.29, 0.717) is 12.1 Å². The minimum atomic E-state index is -0.181. The van der Waals surface area contributed by atoms with Gasteiger partial charge in [0.25, 0.3) is 0 Å². The van der Waals surface area contributed by atoms with Crippen LogP contribution in [0.15, 0.2) is 24.3 Å². The maximum Gasteiger partial charge on any atom is 0.123 e. The van der Waals surface area contributed by atoms with E-state index >= 15 is 0 Å². The van der Waals surface area contributed by atoms with Crippen LogP contribution < -0.4 is 5.32 Å². The minimum absolute atomic E-state index is 0.181. The zero-order chi connectivity index (χ0) is 11.4. The van der Waals surface area contributed by atoms with E-state index in [0.717, 1.165) is 18.5 Å². The van der Waals surface area contributed by atoms with Gasteiger partial charge in [-0.05, 0) is 37.0 Å². The summed E-state index contributed by atoms with van der Waals surface area (Å²) < 4.78 is 18.1. The highest BCUT2D eigenvalue weighted by molar-refractivity contribution is 5.15. The van der Waals surface area contributed by atoms with E-state index in [1.54, 1.807) is 7.11 Å². The van der Waals surface area contributed by atoms with Gasteiger partial charge in [0.05, 0.1) is 6.10 Å². The van der Waals surface area contributed by atoms with E-state index in [4.69, 9.17) is 4.74 Å². The number of rotatable bonds is 4. The summed E-state index contributed by atoms with van der Waals surface area (Å²) in [6.07, 6.45) is 3.86. The molecular weight excluding hydrogens is 205 g/mol. The fourth-order valence-corrected chi connectivity index (χ4v) is 2.29. The lowest BCUT2D eigenvalue weighted by Gasteiger charge is -2.19. The van der Waals surface area contributed by atoms with Crippen molar-refractivity contribution in [2.24, 2.45) is 0 Å². The van der Waals surface area contributed by atoms with Crippen molar-refractivity contribution in [1.82, 2.24) is 5.32 Å². The Bertz CT molecular complexity index is 325. The molecule has 2 unspecified atom stereocenters. The molecule has 1 aromatic rings. The predicted octanol–water partition coefficient (Wildman–Crippen LogP) is 2.48. The molecule has 2 atom stereocenters. The molecule has 1 aliphatic rings. The summed E-state index contributed by atoms with van der Waals surface area (Å²) in [6, 6.07) is 7.08. The lowest BCUT2D eigenvalue weighted by molar-refractivity contribution is 0.0847. The molecule has 16 heavy (non-hydrogen) atoms. The highest BCUT2D eigenvalue weighted by atomic mass is 19.1. The van der Waals surface area contributed by atoms with Gasteiger partial charge in [-0.25, -0.2) is 4.39 Å². The first-order valence-electron chi connectivity index (χ1n) is 5.80. The Labute approximate surface area is 95.8 Å². The fourth-order valence-electron chi connectivity index (χ4n) is 2.29. The molecular formula is C13H18FNO. The summed E-state index contributed by atoms with van der Waals surface area (Å²) in [4.78, 5) is 0. The largest absolute Gasteiger partial charge is 0.380 e. The van der Waals surface area contributed by atoms with E-state index in [9.17, 15) is 4.39 Å². The van der Waals surface area contributed by atoms with E-state index in [1.165, 1.54) is 25.0 Å². The van der Waals surface area contributed by atoms with E-state index in [1.807, 2.05) is 12.1 Å². The standard InChI is InChI=1S/C13H18FNO/c1-16-13-4-2-3-12(13)15-9-10-5-7-11(14)8-6-10/h5-8,12-13,15H,2-4,9H2,1H3. The zero-order valence-electron chi connectivity index (χ0n) is 9.58. The van der Waals surface area contributed by atoms with Crippen molar-refractivity contribution in [2.45, 2.75) is 38.0 Å². The molecule has 1 saturated carbocycles. The highest BCUT2D eigenvalue weighted by Gasteiger charge is 2.26. The molecule has 0 aliphatic heterocycles. The van der Waals surface area contributed by atoms with Gasteiger partial charge >= 0.3 is 0 Å². The third kappa shape index (κ3) is 2.80. The topological polar surface area (TPSA) is 21.3 Å². The fraction of sp³-hybridized carbons (Fsp3) is 0.538. The summed E-state index contributed by atoms with van der Waals surface area (Å²) in [5, 5.41) is 3.47. The van der Waals surface area contributed by atoms with Gasteiger partial charge in [0.1, 0.15) is 5.82 Å². The van der Waals surface area contributed by atoms with Crippen LogP contribution in [0.1, 0.15) is 24.8 Å². The number of methoxy groups -OCH3 is 1. The van der Waals surface area contributed by atoms with Crippen LogP contribution in [0.5, 0.6) is 0 Å². The van der Waals surface area contributed by atoms with Crippen LogP contribution >= 0.6 is 0 Å². The van der Waals surface area contributed by atoms with Gasteiger partial charge < -0.3 is 10.1 Å². The Morgan fingerprint density at radius 2 is 2.06 bits per heavy atom. The minimum Gasteiger partial charge on any atom is -0.380 e. The Morgan fingerprint density at radius 1 is 1.31 bits per heavy atom. The van der Waals surface area contributed by atoms with Gasteiger partial charge in [-0.15, -0.1) is 0 Å². The Hall–Kier alpha value is -0.930. The van der Waals surface area contributed by atoms with Crippen molar-refractivity contribution in [3.63, 3.8) is 0 Å². The van der Waals surface area contributed by atoms with E-state index in [2.05, 4.69) is 5.32 Å². The van der Waals surface area contributed by atoms with Crippen LogP contribution in [0, 0.1) is 5.82 Å². The first-order chi connectivity index (χ1) is 7.79. The van der Waals surface area contributed by atoms with Gasteiger partial charge in [0.15, 0.2) is 0 Å². The summed E-state index contributed by atoms with van der Waals surface area (Å²) in [5.74, 6) is -0.181. The van der Waals surface area contributed by atoms with Gasteiger partial charge in [-0.2, -0.15) is 0 Å². The quantitative estimate of drug-likeness (QED) is 0.846. The molecule has 1 fully saturated rings. The van der Waals surface area contributed by atoms with Gasteiger partial charge in [-0.1, -0.05) is 12.1 Å². The van der Waals surface area contributed by atoms with Gasteiger partial charge in [0.2, 0.25) is 0 Å². The molecule has 0 heterocycles. The van der Waals surface area contributed by atoms with Crippen LogP contribution in [0.2, 0.25) is 0 Å². The van der Waals surface area contributed by atoms with Crippen LogP contribution in [-0.2, 0) is 11.3 Å².